The van der Waals surface area contributed by atoms with E-state index in [4.69, 9.17) is 19.9 Å². The quantitative estimate of drug-likeness (QED) is 0.166. The van der Waals surface area contributed by atoms with Gasteiger partial charge in [0.05, 0.1) is 28.1 Å². The summed E-state index contributed by atoms with van der Waals surface area (Å²) in [4.78, 5) is 24.2. The molecule has 0 aliphatic rings. The number of fused-ring (bicyclic) bond motifs is 3. The van der Waals surface area contributed by atoms with Crippen LogP contribution in [0.2, 0.25) is 0 Å². The minimum Gasteiger partial charge on any atom is -0.265 e. The van der Waals surface area contributed by atoms with E-state index in [9.17, 15) is 0 Å². The zero-order valence-corrected chi connectivity index (χ0v) is 26.9. The van der Waals surface area contributed by atoms with Crippen molar-refractivity contribution in [1.82, 2.24) is 24.9 Å². The summed E-state index contributed by atoms with van der Waals surface area (Å²) in [6.07, 6.45) is 5.46. The van der Waals surface area contributed by atoms with E-state index in [1.807, 2.05) is 48.5 Å². The number of aryl methyl sites for hydroxylation is 2. The molecule has 0 atom stereocenters. The Hall–Kier alpha value is -6.07. The molecule has 0 N–H and O–H groups in total. The predicted molar refractivity (Wildman–Crippen MR) is 196 cm³/mol. The molecule has 0 saturated heterocycles. The fraction of sp³-hybridized carbons (Fsp3) is 0.0930. The zero-order valence-electron chi connectivity index (χ0n) is 26.9. The molecule has 5 heteroatoms. The summed E-state index contributed by atoms with van der Waals surface area (Å²) in [5.74, 6) is 0.697. The molecule has 5 nitrogen and oxygen atoms in total. The van der Waals surface area contributed by atoms with Gasteiger partial charge in [-0.25, -0.2) is 15.0 Å². The van der Waals surface area contributed by atoms with Gasteiger partial charge in [0.2, 0.25) is 0 Å². The number of nitrogens with zero attached hydrogens (tertiary/aromatic N) is 5. The van der Waals surface area contributed by atoms with Gasteiger partial charge < -0.3 is 0 Å². The first-order valence-electron chi connectivity index (χ1n) is 16.5. The van der Waals surface area contributed by atoms with Gasteiger partial charge in [0.15, 0.2) is 5.82 Å². The van der Waals surface area contributed by atoms with Crippen LogP contribution in [-0.2, 0) is 12.8 Å². The summed E-state index contributed by atoms with van der Waals surface area (Å²) in [5.41, 5.74) is 13.4. The Morgan fingerprint density at radius 3 is 1.69 bits per heavy atom. The largest absolute Gasteiger partial charge is 0.265 e. The highest BCUT2D eigenvalue weighted by atomic mass is 14.9. The molecule has 8 rings (SSSR count). The van der Waals surface area contributed by atoms with Crippen LogP contribution in [0.15, 0.2) is 140 Å². The van der Waals surface area contributed by atoms with Gasteiger partial charge in [-0.3, -0.25) is 9.97 Å². The number of benzene rings is 4. The highest BCUT2D eigenvalue weighted by molar-refractivity contribution is 6.04. The lowest BCUT2D eigenvalue weighted by molar-refractivity contribution is 1.03. The van der Waals surface area contributed by atoms with Crippen molar-refractivity contribution in [2.45, 2.75) is 26.7 Å². The number of hydrogen-bond donors (Lipinski definition) is 0. The summed E-state index contributed by atoms with van der Waals surface area (Å²) in [5, 5.41) is 2.30. The Labute approximate surface area is 280 Å². The standard InChI is InChI=1S/C43H33N5/c1-3-28-26-36(4-2)45-42-37(28)20-18-34-19-21-38(46-41(34)42)31-14-10-29(11-15-31)30-12-16-32(17-13-30)39-27-40(33-22-24-44-25-23-33)48-43(47-39)35-8-6-5-7-9-35/h5-27H,3-4H2,1-2H3. The molecule has 0 amide bonds. The average Bonchev–Trinajstić information content (AvgIpc) is 3.17. The lowest BCUT2D eigenvalue weighted by Crippen LogP contribution is -1.96. The van der Waals surface area contributed by atoms with Crippen LogP contribution in [0.5, 0.6) is 0 Å². The Kier molecular flexibility index (Phi) is 7.71. The van der Waals surface area contributed by atoms with Gasteiger partial charge in [-0.2, -0.15) is 0 Å². The van der Waals surface area contributed by atoms with Crippen LogP contribution in [0.25, 0.3) is 78.1 Å². The van der Waals surface area contributed by atoms with Crippen molar-refractivity contribution in [3.8, 4) is 56.3 Å². The first kappa shape index (κ1) is 29.3. The molecule has 8 aromatic rings. The Balaban J connectivity index is 1.11. The third-order valence-electron chi connectivity index (χ3n) is 8.95. The SMILES string of the molecule is CCc1cc(CC)c2ccc3ccc(-c4ccc(-c5ccc(-c6cc(-c7ccncc7)nc(-c7ccccc7)n6)cc5)cc4)nc3c2n1. The molecule has 0 fully saturated rings. The first-order valence-corrected chi connectivity index (χ1v) is 16.5. The molecular weight excluding hydrogens is 587 g/mol. The maximum atomic E-state index is 5.15. The second kappa shape index (κ2) is 12.6. The molecular formula is C43H33N5. The van der Waals surface area contributed by atoms with Crippen molar-refractivity contribution in [3.05, 3.63) is 151 Å². The summed E-state index contributed by atoms with van der Waals surface area (Å²) in [7, 11) is 0. The van der Waals surface area contributed by atoms with E-state index in [-0.39, 0.29) is 0 Å². The molecule has 0 spiro atoms. The van der Waals surface area contributed by atoms with E-state index in [2.05, 4.69) is 97.7 Å². The lowest BCUT2D eigenvalue weighted by Gasteiger charge is -2.11. The van der Waals surface area contributed by atoms with Crippen LogP contribution in [0, 0.1) is 0 Å². The van der Waals surface area contributed by atoms with E-state index >= 15 is 0 Å². The van der Waals surface area contributed by atoms with E-state index in [1.165, 1.54) is 10.9 Å². The molecule has 0 saturated carbocycles. The predicted octanol–water partition coefficient (Wildman–Crippen LogP) is 10.4. The number of hydrogen-bond acceptors (Lipinski definition) is 5. The van der Waals surface area contributed by atoms with Crippen molar-refractivity contribution in [2.24, 2.45) is 0 Å². The topological polar surface area (TPSA) is 64.5 Å². The number of rotatable bonds is 7. The third-order valence-corrected chi connectivity index (χ3v) is 8.95. The summed E-state index contributed by atoms with van der Waals surface area (Å²) in [6.45, 7) is 4.36. The van der Waals surface area contributed by atoms with Gasteiger partial charge >= 0.3 is 0 Å². The molecule has 4 aromatic heterocycles. The fourth-order valence-corrected chi connectivity index (χ4v) is 6.28. The Morgan fingerprint density at radius 2 is 1.04 bits per heavy atom. The van der Waals surface area contributed by atoms with Gasteiger partial charge in [0.25, 0.3) is 0 Å². The fourth-order valence-electron chi connectivity index (χ4n) is 6.28. The van der Waals surface area contributed by atoms with Gasteiger partial charge in [-0.1, -0.05) is 111 Å². The molecule has 0 unspecified atom stereocenters. The van der Waals surface area contributed by atoms with Gasteiger partial charge in [0.1, 0.15) is 0 Å². The number of aromatic nitrogens is 5. The minimum absolute atomic E-state index is 0.697. The maximum Gasteiger partial charge on any atom is 0.160 e. The van der Waals surface area contributed by atoms with Crippen molar-refractivity contribution in [1.29, 1.82) is 0 Å². The summed E-state index contributed by atoms with van der Waals surface area (Å²) >= 11 is 0. The summed E-state index contributed by atoms with van der Waals surface area (Å²) < 4.78 is 0. The molecule has 0 bridgehead atoms. The van der Waals surface area contributed by atoms with Crippen LogP contribution in [0.4, 0.5) is 0 Å². The third kappa shape index (κ3) is 5.60. The molecule has 0 radical (unpaired) electrons. The van der Waals surface area contributed by atoms with Crippen LogP contribution in [-0.4, -0.2) is 24.9 Å². The monoisotopic (exact) mass is 619 g/mol. The van der Waals surface area contributed by atoms with Crippen LogP contribution in [0.1, 0.15) is 25.1 Å². The first-order chi connectivity index (χ1) is 23.7. The van der Waals surface area contributed by atoms with Crippen molar-refractivity contribution < 1.29 is 0 Å². The lowest BCUT2D eigenvalue weighted by atomic mass is 9.99. The van der Waals surface area contributed by atoms with E-state index in [1.54, 1.807) is 12.4 Å². The van der Waals surface area contributed by atoms with E-state index < -0.39 is 0 Å². The Morgan fingerprint density at radius 1 is 0.438 bits per heavy atom. The van der Waals surface area contributed by atoms with Crippen LogP contribution >= 0.6 is 0 Å². The summed E-state index contributed by atoms with van der Waals surface area (Å²) in [6, 6.07) is 44.2. The van der Waals surface area contributed by atoms with Gasteiger partial charge in [-0.05, 0) is 59.9 Å². The second-order valence-corrected chi connectivity index (χ2v) is 11.9. The molecule has 230 valence electrons. The van der Waals surface area contributed by atoms with Crippen molar-refractivity contribution in [3.63, 3.8) is 0 Å². The smallest absolute Gasteiger partial charge is 0.160 e. The van der Waals surface area contributed by atoms with Crippen molar-refractivity contribution >= 4 is 21.8 Å². The minimum atomic E-state index is 0.697. The highest BCUT2D eigenvalue weighted by Crippen LogP contribution is 2.32. The van der Waals surface area contributed by atoms with Crippen molar-refractivity contribution in [2.75, 3.05) is 0 Å². The number of pyridine rings is 3. The zero-order chi connectivity index (χ0) is 32.5. The van der Waals surface area contributed by atoms with E-state index in [0.717, 1.165) is 85.4 Å². The van der Waals surface area contributed by atoms with Crippen LogP contribution in [0.3, 0.4) is 0 Å². The molecule has 0 aliphatic carbocycles. The maximum absolute atomic E-state index is 5.15. The molecule has 4 aromatic carbocycles. The van der Waals surface area contributed by atoms with E-state index in [0.29, 0.717) is 5.82 Å². The second-order valence-electron chi connectivity index (χ2n) is 11.9. The molecule has 4 heterocycles. The van der Waals surface area contributed by atoms with Crippen LogP contribution < -0.4 is 0 Å². The Bertz CT molecular complexity index is 2330. The molecule has 0 aliphatic heterocycles. The molecule has 48 heavy (non-hydrogen) atoms. The normalized spacial score (nSPS) is 11.3. The highest BCUT2D eigenvalue weighted by Gasteiger charge is 2.13. The van der Waals surface area contributed by atoms with Gasteiger partial charge in [0, 0.05) is 51.1 Å². The average molecular weight is 620 g/mol. The van der Waals surface area contributed by atoms with Gasteiger partial charge in [-0.15, -0.1) is 0 Å².